The van der Waals surface area contributed by atoms with Gasteiger partial charge < -0.3 is 0 Å². The monoisotopic (exact) mass is 687 g/mol. The molecule has 284 valence electrons. The molecule has 8 fully saturated rings. The Bertz CT molecular complexity index is 990. The number of hydrogen-bond donors (Lipinski definition) is 0. The van der Waals surface area contributed by atoms with Crippen LogP contribution >= 0.6 is 0 Å². The van der Waals surface area contributed by atoms with E-state index in [1.807, 2.05) is 0 Å². The average Bonchev–Trinajstić information content (AvgIpc) is 3.17. The predicted octanol–water partition coefficient (Wildman–Crippen LogP) is 13.1. The average molecular weight is 687 g/mol. The number of allylic oxidation sites excluding steroid dienone is 2. The van der Waals surface area contributed by atoms with E-state index in [0.717, 1.165) is 83.6 Å². The van der Waals surface area contributed by atoms with Gasteiger partial charge in [-0.2, -0.15) is 0 Å². The lowest BCUT2D eigenvalue weighted by Gasteiger charge is -2.54. The fourth-order valence-corrected chi connectivity index (χ4v) is 14.8. The first kappa shape index (κ1) is 36.6. The molecule has 0 aromatic rings. The lowest BCUT2D eigenvalue weighted by molar-refractivity contribution is -0.0441. The third-order valence-electron chi connectivity index (χ3n) is 17.6. The molecule has 0 saturated heterocycles. The van der Waals surface area contributed by atoms with Gasteiger partial charge >= 0.3 is 0 Å². The van der Waals surface area contributed by atoms with E-state index in [-0.39, 0.29) is 0 Å². The summed E-state index contributed by atoms with van der Waals surface area (Å²) in [5, 5.41) is 0. The minimum atomic E-state index is 0.872. The molecule has 0 aromatic heterocycles. The Morgan fingerprint density at radius 2 is 0.700 bits per heavy atom. The SMILES string of the molecule is CC1CCC(N(C2CCC(C)CC2)C2CCC3C(CCC4CC(/C=C/C5CCC(N(C6CCCCC6)C6CCCCC6)CC5)CCC43)C2)CC1. The van der Waals surface area contributed by atoms with Crippen LogP contribution in [0.5, 0.6) is 0 Å². The van der Waals surface area contributed by atoms with Crippen LogP contribution in [0.2, 0.25) is 0 Å². The summed E-state index contributed by atoms with van der Waals surface area (Å²) in [4.78, 5) is 6.42. The Balaban J connectivity index is 0.824. The van der Waals surface area contributed by atoms with E-state index >= 15 is 0 Å². The molecule has 0 aliphatic heterocycles. The first-order chi connectivity index (χ1) is 24.6. The van der Waals surface area contributed by atoms with Gasteiger partial charge in [-0.05, 0) is 201 Å². The predicted molar refractivity (Wildman–Crippen MR) is 213 cm³/mol. The quantitative estimate of drug-likeness (QED) is 0.235. The van der Waals surface area contributed by atoms with Gasteiger partial charge in [0, 0.05) is 36.3 Å². The highest BCUT2D eigenvalue weighted by atomic mass is 15.2. The highest BCUT2D eigenvalue weighted by Crippen LogP contribution is 2.54. The second kappa shape index (κ2) is 17.4. The van der Waals surface area contributed by atoms with Crippen molar-refractivity contribution < 1.29 is 0 Å². The van der Waals surface area contributed by atoms with Gasteiger partial charge in [0.05, 0.1) is 0 Å². The molecule has 2 nitrogen and oxygen atoms in total. The van der Waals surface area contributed by atoms with Gasteiger partial charge in [0.15, 0.2) is 0 Å². The van der Waals surface area contributed by atoms with E-state index in [9.17, 15) is 0 Å². The summed E-state index contributed by atoms with van der Waals surface area (Å²) in [5.74, 6) is 7.93. The van der Waals surface area contributed by atoms with Crippen molar-refractivity contribution in [3.8, 4) is 0 Å². The summed E-state index contributed by atoms with van der Waals surface area (Å²) in [6.07, 6.45) is 50.8. The van der Waals surface area contributed by atoms with Crippen LogP contribution in [0, 0.1) is 47.3 Å². The van der Waals surface area contributed by atoms with Crippen molar-refractivity contribution in [2.45, 2.75) is 243 Å². The molecular formula is C48H82N2. The van der Waals surface area contributed by atoms with Gasteiger partial charge in [0.25, 0.3) is 0 Å². The zero-order chi connectivity index (χ0) is 33.9. The molecule has 2 heteroatoms. The van der Waals surface area contributed by atoms with Crippen LogP contribution in [0.3, 0.4) is 0 Å². The molecule has 0 amide bonds. The van der Waals surface area contributed by atoms with Crippen molar-refractivity contribution in [3.63, 3.8) is 0 Å². The summed E-state index contributed by atoms with van der Waals surface area (Å²) in [5.41, 5.74) is 0. The van der Waals surface area contributed by atoms with Crippen LogP contribution < -0.4 is 0 Å². The zero-order valence-electron chi connectivity index (χ0n) is 33.3. The standard InChI is InChI=1S/C48H82N2/c1-35-13-24-43(25-14-35)50(44-26-15-36(2)16-27-44)46-30-32-48-40(34-46)23-22-39-33-38(21-31-47(39)48)18-17-37-19-28-45(29-20-37)49(41-9-5-3-6-10-41)42-11-7-4-8-12-42/h17-18,35-48H,3-16,19-34H2,1-2H3/b18-17+. The van der Waals surface area contributed by atoms with Crippen LogP contribution in [0.25, 0.3) is 0 Å². The minimum Gasteiger partial charge on any atom is -0.294 e. The third-order valence-corrected chi connectivity index (χ3v) is 17.6. The lowest BCUT2D eigenvalue weighted by Crippen LogP contribution is -2.54. The van der Waals surface area contributed by atoms with Crippen molar-refractivity contribution in [2.24, 2.45) is 47.3 Å². The molecule has 0 heterocycles. The summed E-state index contributed by atoms with van der Waals surface area (Å²) in [6.45, 7) is 5.04. The molecule has 8 aliphatic carbocycles. The maximum atomic E-state index is 3.25. The van der Waals surface area contributed by atoms with E-state index in [4.69, 9.17) is 0 Å². The second-order valence-electron chi connectivity index (χ2n) is 20.7. The minimum absolute atomic E-state index is 0.872. The molecule has 6 unspecified atom stereocenters. The highest BCUT2D eigenvalue weighted by molar-refractivity contribution is 5.03. The summed E-state index contributed by atoms with van der Waals surface area (Å²) in [7, 11) is 0. The first-order valence-electron chi connectivity index (χ1n) is 23.8. The second-order valence-corrected chi connectivity index (χ2v) is 20.7. The van der Waals surface area contributed by atoms with Crippen LogP contribution in [0.4, 0.5) is 0 Å². The number of fused-ring (bicyclic) bond motifs is 3. The van der Waals surface area contributed by atoms with Crippen LogP contribution in [-0.4, -0.2) is 46.1 Å². The van der Waals surface area contributed by atoms with Gasteiger partial charge in [0.1, 0.15) is 0 Å². The Morgan fingerprint density at radius 1 is 0.320 bits per heavy atom. The van der Waals surface area contributed by atoms with Crippen molar-refractivity contribution in [2.75, 3.05) is 0 Å². The maximum Gasteiger partial charge on any atom is 0.0104 e. The topological polar surface area (TPSA) is 6.48 Å². The Hall–Kier alpha value is -0.340. The van der Waals surface area contributed by atoms with E-state index in [1.54, 1.807) is 32.1 Å². The zero-order valence-corrected chi connectivity index (χ0v) is 33.3. The van der Waals surface area contributed by atoms with Gasteiger partial charge in [-0.25, -0.2) is 0 Å². The number of nitrogens with zero attached hydrogens (tertiary/aromatic N) is 2. The van der Waals surface area contributed by atoms with Gasteiger partial charge in [0.2, 0.25) is 0 Å². The fourth-order valence-electron chi connectivity index (χ4n) is 14.8. The molecule has 8 saturated carbocycles. The number of rotatable bonds is 8. The van der Waals surface area contributed by atoms with Crippen LogP contribution in [0.15, 0.2) is 12.2 Å². The van der Waals surface area contributed by atoms with Crippen molar-refractivity contribution >= 4 is 0 Å². The summed E-state index contributed by atoms with van der Waals surface area (Å²) < 4.78 is 0. The van der Waals surface area contributed by atoms with Crippen molar-refractivity contribution in [3.05, 3.63) is 12.2 Å². The smallest absolute Gasteiger partial charge is 0.0104 e. The van der Waals surface area contributed by atoms with Crippen LogP contribution in [-0.2, 0) is 0 Å². The van der Waals surface area contributed by atoms with Crippen molar-refractivity contribution in [1.29, 1.82) is 0 Å². The van der Waals surface area contributed by atoms with Gasteiger partial charge in [-0.15, -0.1) is 0 Å². The van der Waals surface area contributed by atoms with E-state index < -0.39 is 0 Å². The van der Waals surface area contributed by atoms with E-state index in [1.165, 1.54) is 161 Å². The Labute approximate surface area is 311 Å². The first-order valence-corrected chi connectivity index (χ1v) is 23.8. The fraction of sp³-hybridized carbons (Fsp3) is 0.958. The molecule has 50 heavy (non-hydrogen) atoms. The highest BCUT2D eigenvalue weighted by Gasteiger charge is 2.47. The molecule has 6 atom stereocenters. The maximum absolute atomic E-state index is 3.25. The Morgan fingerprint density at radius 3 is 1.24 bits per heavy atom. The normalized spacial score (nSPS) is 44.3. The molecule has 0 bridgehead atoms. The van der Waals surface area contributed by atoms with Crippen molar-refractivity contribution in [1.82, 2.24) is 9.80 Å². The third kappa shape index (κ3) is 8.63. The molecular weight excluding hydrogens is 605 g/mol. The summed E-state index contributed by atoms with van der Waals surface area (Å²) >= 11 is 0. The van der Waals surface area contributed by atoms with Gasteiger partial charge in [-0.1, -0.05) is 64.5 Å². The van der Waals surface area contributed by atoms with Gasteiger partial charge in [-0.3, -0.25) is 9.80 Å². The molecule has 8 aliphatic rings. The molecule has 0 aromatic carbocycles. The van der Waals surface area contributed by atoms with Crippen LogP contribution in [0.1, 0.15) is 206 Å². The molecule has 0 spiro atoms. The largest absolute Gasteiger partial charge is 0.294 e. The molecule has 8 rings (SSSR count). The number of hydrogen-bond acceptors (Lipinski definition) is 2. The Kier molecular flexibility index (Phi) is 12.8. The molecule has 0 N–H and O–H groups in total. The summed E-state index contributed by atoms with van der Waals surface area (Å²) in [6, 6.07) is 5.47. The molecule has 0 radical (unpaired) electrons. The van der Waals surface area contributed by atoms with E-state index in [2.05, 4.69) is 35.8 Å². The van der Waals surface area contributed by atoms with E-state index in [0.29, 0.717) is 0 Å². The lowest BCUT2D eigenvalue weighted by atomic mass is 9.55.